The maximum atomic E-state index is 12.7. The summed E-state index contributed by atoms with van der Waals surface area (Å²) in [5.74, 6) is 0.847. The zero-order valence-electron chi connectivity index (χ0n) is 16.1. The van der Waals surface area contributed by atoms with Gasteiger partial charge in [0.15, 0.2) is 5.16 Å². The molecule has 0 radical (unpaired) electrons. The SMILES string of the molecule is CCc1c(C(C#N)c2ccc(Br)cc2)nc(SCc2ccc(OC)cc2)[nH]c1=O. The first-order valence-electron chi connectivity index (χ1n) is 9.09. The molecule has 0 amide bonds. The monoisotopic (exact) mass is 469 g/mol. The summed E-state index contributed by atoms with van der Waals surface area (Å²) >= 11 is 4.85. The van der Waals surface area contributed by atoms with Gasteiger partial charge in [0, 0.05) is 15.8 Å². The van der Waals surface area contributed by atoms with Crippen LogP contribution in [0.5, 0.6) is 5.75 Å². The number of nitriles is 1. The van der Waals surface area contributed by atoms with Gasteiger partial charge in [0.2, 0.25) is 0 Å². The second-order valence-electron chi connectivity index (χ2n) is 6.34. The van der Waals surface area contributed by atoms with E-state index in [-0.39, 0.29) is 5.56 Å². The Labute approximate surface area is 182 Å². The van der Waals surface area contributed by atoms with Crippen LogP contribution in [0.2, 0.25) is 0 Å². The molecular formula is C22H20BrN3O2S. The molecule has 3 rings (SSSR count). The molecule has 0 aliphatic heterocycles. The lowest BCUT2D eigenvalue weighted by Gasteiger charge is -2.14. The minimum Gasteiger partial charge on any atom is -0.497 e. The summed E-state index contributed by atoms with van der Waals surface area (Å²) < 4.78 is 6.11. The van der Waals surface area contributed by atoms with E-state index in [9.17, 15) is 10.1 Å². The summed E-state index contributed by atoms with van der Waals surface area (Å²) in [5, 5.41) is 10.3. The van der Waals surface area contributed by atoms with Crippen LogP contribution in [-0.4, -0.2) is 17.1 Å². The Kier molecular flexibility index (Phi) is 7.13. The Morgan fingerprint density at radius 2 is 1.90 bits per heavy atom. The van der Waals surface area contributed by atoms with Gasteiger partial charge >= 0.3 is 0 Å². The lowest BCUT2D eigenvalue weighted by molar-refractivity contribution is 0.414. The highest BCUT2D eigenvalue weighted by Gasteiger charge is 2.21. The maximum absolute atomic E-state index is 12.7. The van der Waals surface area contributed by atoms with Gasteiger partial charge in [-0.05, 0) is 41.8 Å². The molecule has 2 aromatic carbocycles. The van der Waals surface area contributed by atoms with Crippen LogP contribution in [0.15, 0.2) is 63.0 Å². The molecule has 0 fully saturated rings. The predicted octanol–water partition coefficient (Wildman–Crippen LogP) is 5.05. The topological polar surface area (TPSA) is 78.8 Å². The largest absolute Gasteiger partial charge is 0.497 e. The van der Waals surface area contributed by atoms with Crippen molar-refractivity contribution in [2.45, 2.75) is 30.2 Å². The third-order valence-corrected chi connectivity index (χ3v) is 5.99. The summed E-state index contributed by atoms with van der Waals surface area (Å²) in [7, 11) is 1.63. The fourth-order valence-electron chi connectivity index (χ4n) is 2.96. The fourth-order valence-corrected chi connectivity index (χ4v) is 4.05. The average molecular weight is 470 g/mol. The Morgan fingerprint density at radius 3 is 2.48 bits per heavy atom. The van der Waals surface area contributed by atoms with Crippen molar-refractivity contribution < 1.29 is 4.74 Å². The van der Waals surface area contributed by atoms with Crippen molar-refractivity contribution in [3.05, 3.63) is 85.7 Å². The number of ether oxygens (including phenoxy) is 1. The number of benzene rings is 2. The van der Waals surface area contributed by atoms with Crippen molar-refractivity contribution >= 4 is 27.7 Å². The number of nitrogens with zero attached hydrogens (tertiary/aromatic N) is 2. The lowest BCUT2D eigenvalue weighted by atomic mass is 9.93. The smallest absolute Gasteiger partial charge is 0.255 e. The zero-order chi connectivity index (χ0) is 20.8. The number of hydrogen-bond donors (Lipinski definition) is 1. The fraction of sp³-hybridized carbons (Fsp3) is 0.227. The predicted molar refractivity (Wildman–Crippen MR) is 118 cm³/mol. The molecule has 0 bridgehead atoms. The highest BCUT2D eigenvalue weighted by Crippen LogP contribution is 2.28. The lowest BCUT2D eigenvalue weighted by Crippen LogP contribution is -2.20. The first-order chi connectivity index (χ1) is 14.0. The van der Waals surface area contributed by atoms with Gasteiger partial charge in [-0.15, -0.1) is 0 Å². The van der Waals surface area contributed by atoms with Gasteiger partial charge in [0.05, 0.1) is 18.9 Å². The summed E-state index contributed by atoms with van der Waals surface area (Å²) in [6.45, 7) is 1.90. The maximum Gasteiger partial charge on any atom is 0.255 e. The molecular weight excluding hydrogens is 450 g/mol. The molecule has 0 aliphatic carbocycles. The van der Waals surface area contributed by atoms with Crippen molar-refractivity contribution in [3.63, 3.8) is 0 Å². The third kappa shape index (κ3) is 5.08. The molecule has 0 saturated carbocycles. The van der Waals surface area contributed by atoms with Crippen LogP contribution in [0.1, 0.15) is 35.2 Å². The molecule has 1 aromatic heterocycles. The first kappa shape index (κ1) is 21.2. The van der Waals surface area contributed by atoms with Gasteiger partial charge in [-0.25, -0.2) is 4.98 Å². The van der Waals surface area contributed by atoms with Crippen LogP contribution >= 0.6 is 27.7 Å². The van der Waals surface area contributed by atoms with Crippen molar-refractivity contribution in [1.29, 1.82) is 5.26 Å². The van der Waals surface area contributed by atoms with Gasteiger partial charge in [0.25, 0.3) is 5.56 Å². The first-order valence-corrected chi connectivity index (χ1v) is 10.9. The number of halogens is 1. The molecule has 3 aromatic rings. The standard InChI is InChI=1S/C22H20BrN3O2S/c1-3-18-20(19(12-24)15-6-8-16(23)9-7-15)25-22(26-21(18)27)29-13-14-4-10-17(28-2)11-5-14/h4-11,19H,3,13H2,1-2H3,(H,25,26,27). The minimum absolute atomic E-state index is 0.188. The summed E-state index contributed by atoms with van der Waals surface area (Å²) in [6.07, 6.45) is 0.510. The van der Waals surface area contributed by atoms with E-state index in [1.54, 1.807) is 7.11 Å². The summed E-state index contributed by atoms with van der Waals surface area (Å²) in [4.78, 5) is 20.2. The molecule has 7 heteroatoms. The van der Waals surface area contributed by atoms with Crippen molar-refractivity contribution in [1.82, 2.24) is 9.97 Å². The molecule has 1 atom stereocenters. The van der Waals surface area contributed by atoms with Crippen LogP contribution < -0.4 is 10.3 Å². The van der Waals surface area contributed by atoms with Crippen LogP contribution in [0.4, 0.5) is 0 Å². The van der Waals surface area contributed by atoms with Gasteiger partial charge in [-0.3, -0.25) is 4.79 Å². The Hall–Kier alpha value is -2.56. The highest BCUT2D eigenvalue weighted by molar-refractivity contribution is 9.10. The van der Waals surface area contributed by atoms with Crippen LogP contribution in [-0.2, 0) is 12.2 Å². The van der Waals surface area contributed by atoms with E-state index in [0.29, 0.717) is 28.6 Å². The normalized spacial score (nSPS) is 11.7. The quantitative estimate of drug-likeness (QED) is 0.386. The number of rotatable bonds is 7. The molecule has 29 heavy (non-hydrogen) atoms. The number of methoxy groups -OCH3 is 1. The molecule has 0 saturated heterocycles. The summed E-state index contributed by atoms with van der Waals surface area (Å²) in [6, 6.07) is 17.6. The van der Waals surface area contributed by atoms with Gasteiger partial charge in [0.1, 0.15) is 11.7 Å². The second kappa shape index (κ2) is 9.77. The second-order valence-corrected chi connectivity index (χ2v) is 8.22. The van der Waals surface area contributed by atoms with Crippen LogP contribution in [0.3, 0.4) is 0 Å². The van der Waals surface area contributed by atoms with E-state index >= 15 is 0 Å². The number of H-pyrrole nitrogens is 1. The molecule has 1 N–H and O–H groups in total. The van der Waals surface area contributed by atoms with Gasteiger partial charge < -0.3 is 9.72 Å². The van der Waals surface area contributed by atoms with Crippen molar-refractivity contribution in [2.24, 2.45) is 0 Å². The van der Waals surface area contributed by atoms with Crippen molar-refractivity contribution in [3.8, 4) is 11.8 Å². The minimum atomic E-state index is -0.597. The molecule has 0 aliphatic rings. The number of nitrogens with one attached hydrogen (secondary N) is 1. The molecule has 5 nitrogen and oxygen atoms in total. The highest BCUT2D eigenvalue weighted by atomic mass is 79.9. The average Bonchev–Trinajstić information content (AvgIpc) is 2.74. The van der Waals surface area contributed by atoms with E-state index in [1.165, 1.54) is 11.8 Å². The van der Waals surface area contributed by atoms with Crippen molar-refractivity contribution in [2.75, 3.05) is 7.11 Å². The number of aromatic nitrogens is 2. The van der Waals surface area contributed by atoms with E-state index in [0.717, 1.165) is 21.3 Å². The van der Waals surface area contributed by atoms with E-state index in [4.69, 9.17) is 4.74 Å². The molecule has 0 spiro atoms. The zero-order valence-corrected chi connectivity index (χ0v) is 18.5. The molecule has 1 heterocycles. The Balaban J connectivity index is 1.92. The van der Waals surface area contributed by atoms with Gasteiger partial charge in [-0.2, -0.15) is 5.26 Å². The van der Waals surface area contributed by atoms with Crippen LogP contribution in [0.25, 0.3) is 0 Å². The van der Waals surface area contributed by atoms with E-state index < -0.39 is 5.92 Å². The van der Waals surface area contributed by atoms with E-state index in [1.807, 2.05) is 55.5 Å². The summed E-state index contributed by atoms with van der Waals surface area (Å²) in [5.41, 5.74) is 2.79. The van der Waals surface area contributed by atoms with Crippen LogP contribution in [0, 0.1) is 11.3 Å². The Morgan fingerprint density at radius 1 is 1.21 bits per heavy atom. The number of hydrogen-bond acceptors (Lipinski definition) is 5. The Bertz CT molecular complexity index is 1070. The van der Waals surface area contributed by atoms with E-state index in [2.05, 4.69) is 32.0 Å². The van der Waals surface area contributed by atoms with Gasteiger partial charge in [-0.1, -0.05) is 58.9 Å². The number of aromatic amines is 1. The molecule has 1 unspecified atom stereocenters. The third-order valence-electron chi connectivity index (χ3n) is 4.52. The molecule has 148 valence electrons. The number of thioether (sulfide) groups is 1.